The molecule has 0 amide bonds. The van der Waals surface area contributed by atoms with E-state index in [1.165, 1.54) is 5.56 Å². The van der Waals surface area contributed by atoms with E-state index >= 15 is 0 Å². The van der Waals surface area contributed by atoms with Crippen molar-refractivity contribution in [2.75, 3.05) is 13.7 Å². The van der Waals surface area contributed by atoms with E-state index in [0.29, 0.717) is 10.9 Å². The number of halogens is 1. The molecule has 0 aliphatic carbocycles. The van der Waals surface area contributed by atoms with Crippen LogP contribution in [0.2, 0.25) is 5.02 Å². The van der Waals surface area contributed by atoms with E-state index in [9.17, 15) is 0 Å². The highest BCUT2D eigenvalue weighted by atomic mass is 35.5. The average Bonchev–Trinajstić information content (AvgIpc) is 2.26. The molecule has 0 heterocycles. The van der Waals surface area contributed by atoms with E-state index in [-0.39, 0.29) is 0 Å². The van der Waals surface area contributed by atoms with Gasteiger partial charge in [0.15, 0.2) is 0 Å². The Balaban J connectivity index is 2.59. The van der Waals surface area contributed by atoms with Gasteiger partial charge in [0, 0.05) is 0 Å². The minimum absolute atomic E-state index is 0.561. The molecular formula is C12H18ClNO. The maximum absolute atomic E-state index is 6.03. The van der Waals surface area contributed by atoms with Gasteiger partial charge in [0.05, 0.1) is 12.1 Å². The molecule has 0 radical (unpaired) electrons. The zero-order valence-electron chi connectivity index (χ0n) is 9.29. The molecule has 1 aromatic carbocycles. The average molecular weight is 228 g/mol. The Morgan fingerprint density at radius 2 is 2.20 bits per heavy atom. The standard InChI is InChI=1S/C12H18ClNO/c1-9(8-14)3-4-10-5-6-12(15-2)11(13)7-10/h5-7,9H,3-4,8,14H2,1-2H3. The predicted octanol–water partition coefficient (Wildman–Crippen LogP) is 2.88. The van der Waals surface area contributed by atoms with E-state index in [1.54, 1.807) is 7.11 Å². The molecule has 0 saturated heterocycles. The summed E-state index contributed by atoms with van der Waals surface area (Å²) in [6.45, 7) is 2.90. The Morgan fingerprint density at radius 3 is 2.73 bits per heavy atom. The molecule has 1 atom stereocenters. The van der Waals surface area contributed by atoms with Crippen molar-refractivity contribution in [3.8, 4) is 5.75 Å². The van der Waals surface area contributed by atoms with Crippen molar-refractivity contribution >= 4 is 11.6 Å². The molecule has 0 saturated carbocycles. The lowest BCUT2D eigenvalue weighted by Gasteiger charge is -2.09. The fraction of sp³-hybridized carbons (Fsp3) is 0.500. The third-order valence-corrected chi connectivity index (χ3v) is 2.84. The van der Waals surface area contributed by atoms with Gasteiger partial charge in [-0.25, -0.2) is 0 Å². The molecule has 3 heteroatoms. The molecule has 2 nitrogen and oxygen atoms in total. The Hall–Kier alpha value is -0.730. The molecule has 1 aromatic rings. The van der Waals surface area contributed by atoms with Gasteiger partial charge in [-0.2, -0.15) is 0 Å². The van der Waals surface area contributed by atoms with Crippen LogP contribution in [0.5, 0.6) is 5.75 Å². The predicted molar refractivity (Wildman–Crippen MR) is 64.5 cm³/mol. The van der Waals surface area contributed by atoms with Crippen LogP contribution in [0.15, 0.2) is 18.2 Å². The molecule has 0 fully saturated rings. The Labute approximate surface area is 96.4 Å². The Morgan fingerprint density at radius 1 is 1.47 bits per heavy atom. The molecule has 0 aliphatic rings. The maximum Gasteiger partial charge on any atom is 0.137 e. The summed E-state index contributed by atoms with van der Waals surface area (Å²) in [5.41, 5.74) is 6.80. The number of benzene rings is 1. The van der Waals surface area contributed by atoms with Gasteiger partial charge in [0.1, 0.15) is 5.75 Å². The third-order valence-electron chi connectivity index (χ3n) is 2.54. The van der Waals surface area contributed by atoms with E-state index < -0.39 is 0 Å². The number of hydrogen-bond acceptors (Lipinski definition) is 2. The molecular weight excluding hydrogens is 210 g/mol. The van der Waals surface area contributed by atoms with Crippen LogP contribution in [0.3, 0.4) is 0 Å². The summed E-state index contributed by atoms with van der Waals surface area (Å²) in [4.78, 5) is 0. The van der Waals surface area contributed by atoms with Crippen molar-refractivity contribution in [2.24, 2.45) is 11.7 Å². The summed E-state index contributed by atoms with van der Waals surface area (Å²) in [5, 5.41) is 0.676. The van der Waals surface area contributed by atoms with Crippen LogP contribution in [0, 0.1) is 5.92 Å². The van der Waals surface area contributed by atoms with E-state index in [2.05, 4.69) is 6.92 Å². The van der Waals surface area contributed by atoms with Crippen LogP contribution in [0.4, 0.5) is 0 Å². The van der Waals surface area contributed by atoms with Gasteiger partial charge in [0.25, 0.3) is 0 Å². The minimum atomic E-state index is 0.561. The van der Waals surface area contributed by atoms with Gasteiger partial charge in [-0.05, 0) is 43.0 Å². The van der Waals surface area contributed by atoms with E-state index in [1.807, 2.05) is 18.2 Å². The van der Waals surface area contributed by atoms with Crippen molar-refractivity contribution in [2.45, 2.75) is 19.8 Å². The van der Waals surface area contributed by atoms with Crippen LogP contribution in [-0.2, 0) is 6.42 Å². The van der Waals surface area contributed by atoms with Crippen LogP contribution in [0.1, 0.15) is 18.9 Å². The van der Waals surface area contributed by atoms with Gasteiger partial charge < -0.3 is 10.5 Å². The van der Waals surface area contributed by atoms with Gasteiger partial charge in [0.2, 0.25) is 0 Å². The van der Waals surface area contributed by atoms with Crippen molar-refractivity contribution < 1.29 is 4.74 Å². The number of nitrogens with two attached hydrogens (primary N) is 1. The first-order chi connectivity index (χ1) is 7.17. The Kier molecular flexibility index (Phi) is 4.92. The third kappa shape index (κ3) is 3.73. The van der Waals surface area contributed by atoms with Crippen LogP contribution < -0.4 is 10.5 Å². The highest BCUT2D eigenvalue weighted by Crippen LogP contribution is 2.25. The zero-order chi connectivity index (χ0) is 11.3. The molecule has 84 valence electrons. The van der Waals surface area contributed by atoms with Gasteiger partial charge in [-0.15, -0.1) is 0 Å². The number of hydrogen-bond donors (Lipinski definition) is 1. The smallest absolute Gasteiger partial charge is 0.137 e. The lowest BCUT2D eigenvalue weighted by Crippen LogP contribution is -2.11. The van der Waals surface area contributed by atoms with E-state index in [0.717, 1.165) is 25.1 Å². The second-order valence-electron chi connectivity index (χ2n) is 3.85. The molecule has 1 rings (SSSR count). The minimum Gasteiger partial charge on any atom is -0.495 e. The van der Waals surface area contributed by atoms with Crippen molar-refractivity contribution in [1.82, 2.24) is 0 Å². The summed E-state index contributed by atoms with van der Waals surface area (Å²) >= 11 is 6.03. The summed E-state index contributed by atoms with van der Waals surface area (Å²) in [6, 6.07) is 5.92. The van der Waals surface area contributed by atoms with Crippen molar-refractivity contribution in [1.29, 1.82) is 0 Å². The molecule has 1 unspecified atom stereocenters. The molecule has 0 aliphatic heterocycles. The first-order valence-corrected chi connectivity index (χ1v) is 5.57. The molecule has 0 aromatic heterocycles. The van der Waals surface area contributed by atoms with Crippen molar-refractivity contribution in [3.05, 3.63) is 28.8 Å². The summed E-state index contributed by atoms with van der Waals surface area (Å²) < 4.78 is 5.09. The fourth-order valence-electron chi connectivity index (χ4n) is 1.40. The summed E-state index contributed by atoms with van der Waals surface area (Å²) in [7, 11) is 1.62. The number of ether oxygens (including phenoxy) is 1. The highest BCUT2D eigenvalue weighted by Gasteiger charge is 2.04. The van der Waals surface area contributed by atoms with Gasteiger partial charge in [-0.1, -0.05) is 24.6 Å². The normalized spacial score (nSPS) is 12.5. The maximum atomic E-state index is 6.03. The van der Waals surface area contributed by atoms with Crippen molar-refractivity contribution in [3.63, 3.8) is 0 Å². The second kappa shape index (κ2) is 5.99. The van der Waals surface area contributed by atoms with Crippen LogP contribution >= 0.6 is 11.6 Å². The second-order valence-corrected chi connectivity index (χ2v) is 4.26. The van der Waals surface area contributed by atoms with Gasteiger partial charge in [-0.3, -0.25) is 0 Å². The van der Waals surface area contributed by atoms with Crippen LogP contribution in [0.25, 0.3) is 0 Å². The molecule has 2 N–H and O–H groups in total. The fourth-order valence-corrected chi connectivity index (χ4v) is 1.68. The quantitative estimate of drug-likeness (QED) is 0.840. The monoisotopic (exact) mass is 227 g/mol. The van der Waals surface area contributed by atoms with Crippen LogP contribution in [-0.4, -0.2) is 13.7 Å². The summed E-state index contributed by atoms with van der Waals surface area (Å²) in [6.07, 6.45) is 2.11. The summed E-state index contributed by atoms with van der Waals surface area (Å²) in [5.74, 6) is 1.29. The first kappa shape index (κ1) is 12.3. The lowest BCUT2D eigenvalue weighted by atomic mass is 10.0. The number of rotatable bonds is 5. The number of aryl methyl sites for hydroxylation is 1. The number of methoxy groups -OCH3 is 1. The zero-order valence-corrected chi connectivity index (χ0v) is 10.1. The lowest BCUT2D eigenvalue weighted by molar-refractivity contribution is 0.415. The molecule has 15 heavy (non-hydrogen) atoms. The SMILES string of the molecule is COc1ccc(CCC(C)CN)cc1Cl. The largest absolute Gasteiger partial charge is 0.495 e. The molecule has 0 spiro atoms. The molecule has 0 bridgehead atoms. The highest BCUT2D eigenvalue weighted by molar-refractivity contribution is 6.32. The topological polar surface area (TPSA) is 35.2 Å². The first-order valence-electron chi connectivity index (χ1n) is 5.20. The Bertz CT molecular complexity index is 314. The van der Waals surface area contributed by atoms with E-state index in [4.69, 9.17) is 22.1 Å². The van der Waals surface area contributed by atoms with Gasteiger partial charge >= 0.3 is 0 Å².